The number of piperazine rings is 1. The summed E-state index contributed by atoms with van der Waals surface area (Å²) in [6, 6.07) is 15.9. The molecular formula is C31H35Cl2N7. The first kappa shape index (κ1) is 26.1. The van der Waals surface area contributed by atoms with Crippen LogP contribution >= 0.6 is 23.2 Å². The molecule has 0 radical (unpaired) electrons. The Morgan fingerprint density at radius 3 is 2.38 bits per heavy atom. The molecule has 0 atom stereocenters. The fourth-order valence-electron chi connectivity index (χ4n) is 6.29. The highest BCUT2D eigenvalue weighted by atomic mass is 35.5. The topological polar surface area (TPSA) is 52.5 Å². The SMILES string of the molecule is CN1CCN(C2CCN(c3ccc(Nc4ncc(Cl)c(-c5cn(C6CC6)c6ccccc56)n4)cc3Cl)CC2)CC1. The molecule has 2 aromatic carbocycles. The zero-order valence-electron chi connectivity index (χ0n) is 22.9. The first-order valence-electron chi connectivity index (χ1n) is 14.4. The van der Waals surface area contributed by atoms with Crippen molar-refractivity contribution in [3.63, 3.8) is 0 Å². The average molecular weight is 577 g/mol. The second-order valence-electron chi connectivity index (χ2n) is 11.4. The van der Waals surface area contributed by atoms with E-state index in [0.717, 1.165) is 46.1 Å². The summed E-state index contributed by atoms with van der Waals surface area (Å²) in [5.74, 6) is 0.500. The molecule has 208 valence electrons. The van der Waals surface area contributed by atoms with Crippen LogP contribution in [0.1, 0.15) is 31.7 Å². The van der Waals surface area contributed by atoms with Crippen molar-refractivity contribution in [1.29, 1.82) is 0 Å². The summed E-state index contributed by atoms with van der Waals surface area (Å²) >= 11 is 13.5. The Balaban J connectivity index is 1.06. The fraction of sp³-hybridized carbons (Fsp3) is 0.419. The number of hydrogen-bond donors (Lipinski definition) is 1. The van der Waals surface area contributed by atoms with E-state index in [2.05, 4.69) is 79.2 Å². The van der Waals surface area contributed by atoms with Gasteiger partial charge in [0.2, 0.25) is 5.95 Å². The molecular weight excluding hydrogens is 541 g/mol. The summed E-state index contributed by atoms with van der Waals surface area (Å²) in [4.78, 5) is 16.8. The van der Waals surface area contributed by atoms with Crippen LogP contribution in [-0.4, -0.2) is 76.7 Å². The Morgan fingerprint density at radius 1 is 0.850 bits per heavy atom. The smallest absolute Gasteiger partial charge is 0.227 e. The second kappa shape index (κ2) is 10.9. The molecule has 0 bridgehead atoms. The van der Waals surface area contributed by atoms with E-state index >= 15 is 0 Å². The molecule has 7 nitrogen and oxygen atoms in total. The average Bonchev–Trinajstić information content (AvgIpc) is 3.75. The van der Waals surface area contributed by atoms with E-state index in [9.17, 15) is 0 Å². The monoisotopic (exact) mass is 575 g/mol. The van der Waals surface area contributed by atoms with Gasteiger partial charge in [-0.2, -0.15) is 0 Å². The summed E-state index contributed by atoms with van der Waals surface area (Å²) in [6.45, 7) is 6.76. The van der Waals surface area contributed by atoms with Crippen molar-refractivity contribution in [1.82, 2.24) is 24.3 Å². The van der Waals surface area contributed by atoms with Crippen LogP contribution in [0.3, 0.4) is 0 Å². The van der Waals surface area contributed by atoms with Gasteiger partial charge < -0.3 is 19.7 Å². The van der Waals surface area contributed by atoms with E-state index < -0.39 is 0 Å². The van der Waals surface area contributed by atoms with Crippen molar-refractivity contribution in [2.24, 2.45) is 0 Å². The third-order valence-electron chi connectivity index (χ3n) is 8.74. The third-order valence-corrected chi connectivity index (χ3v) is 9.32. The lowest BCUT2D eigenvalue weighted by molar-refractivity contribution is 0.0982. The first-order valence-corrected chi connectivity index (χ1v) is 15.2. The molecule has 3 fully saturated rings. The highest BCUT2D eigenvalue weighted by Gasteiger charge is 2.28. The minimum atomic E-state index is 0.500. The number of piperidine rings is 1. The summed E-state index contributed by atoms with van der Waals surface area (Å²) in [6.07, 6.45) is 8.66. The van der Waals surface area contributed by atoms with Crippen molar-refractivity contribution in [2.75, 3.05) is 56.5 Å². The molecule has 2 aliphatic heterocycles. The minimum Gasteiger partial charge on any atom is -0.370 e. The number of para-hydroxylation sites is 1. The fourth-order valence-corrected chi connectivity index (χ4v) is 6.79. The van der Waals surface area contributed by atoms with E-state index in [4.69, 9.17) is 28.2 Å². The van der Waals surface area contributed by atoms with Crippen molar-refractivity contribution in [2.45, 2.75) is 37.8 Å². The number of nitrogens with zero attached hydrogens (tertiary/aromatic N) is 6. The Hall–Kier alpha value is -2.84. The summed E-state index contributed by atoms with van der Waals surface area (Å²) in [7, 11) is 2.22. The van der Waals surface area contributed by atoms with Gasteiger partial charge in [-0.05, 0) is 57.0 Å². The number of nitrogens with one attached hydrogen (secondary N) is 1. The number of benzene rings is 2. The number of rotatable bonds is 6. The highest BCUT2D eigenvalue weighted by molar-refractivity contribution is 6.34. The number of hydrogen-bond acceptors (Lipinski definition) is 6. The van der Waals surface area contributed by atoms with Crippen molar-refractivity contribution in [3.05, 3.63) is 64.9 Å². The molecule has 2 saturated heterocycles. The zero-order valence-corrected chi connectivity index (χ0v) is 24.4. The molecule has 1 saturated carbocycles. The van der Waals surface area contributed by atoms with Crippen LogP contribution in [0, 0.1) is 0 Å². The standard InChI is InChI=1S/C31H35Cl2N7/c1-37-14-16-38(17-15-37)22-10-12-39(13-11-22)29-9-6-21(18-26(29)32)35-31-34-19-27(33)30(36-31)25-20-40(23-7-8-23)28-5-3-2-4-24(25)28/h2-6,9,18-20,22-23H,7-8,10-17H2,1H3,(H,34,35,36). The molecule has 0 spiro atoms. The van der Waals surface area contributed by atoms with Gasteiger partial charge >= 0.3 is 0 Å². The van der Waals surface area contributed by atoms with Crippen LogP contribution in [0.5, 0.6) is 0 Å². The van der Waals surface area contributed by atoms with Gasteiger partial charge in [0.25, 0.3) is 0 Å². The molecule has 1 aliphatic carbocycles. The molecule has 1 N–H and O–H groups in total. The normalized spacial score (nSPS) is 19.4. The predicted octanol–water partition coefficient (Wildman–Crippen LogP) is 6.70. The lowest BCUT2D eigenvalue weighted by Gasteiger charge is -2.42. The zero-order chi connectivity index (χ0) is 27.2. The maximum absolute atomic E-state index is 6.82. The van der Waals surface area contributed by atoms with Gasteiger partial charge in [0.1, 0.15) is 0 Å². The highest BCUT2D eigenvalue weighted by Crippen LogP contribution is 2.42. The lowest BCUT2D eigenvalue weighted by Crippen LogP contribution is -2.52. The van der Waals surface area contributed by atoms with Crippen LogP contribution in [-0.2, 0) is 0 Å². The quantitative estimate of drug-likeness (QED) is 0.276. The number of halogens is 2. The number of anilines is 3. The van der Waals surface area contributed by atoms with Gasteiger partial charge in [-0.25, -0.2) is 9.97 Å². The molecule has 0 amide bonds. The summed E-state index contributed by atoms with van der Waals surface area (Å²) < 4.78 is 2.36. The second-order valence-corrected chi connectivity index (χ2v) is 12.3. The molecule has 4 aromatic rings. The van der Waals surface area contributed by atoms with Gasteiger partial charge in [0.05, 0.1) is 27.6 Å². The Kier molecular flexibility index (Phi) is 7.08. The largest absolute Gasteiger partial charge is 0.370 e. The summed E-state index contributed by atoms with van der Waals surface area (Å²) in [5.41, 5.74) is 4.94. The van der Waals surface area contributed by atoms with Gasteiger partial charge in [0, 0.05) is 79.7 Å². The van der Waals surface area contributed by atoms with Crippen molar-refractivity contribution < 1.29 is 0 Å². The molecule has 9 heteroatoms. The lowest BCUT2D eigenvalue weighted by atomic mass is 10.0. The van der Waals surface area contributed by atoms with Gasteiger partial charge in [-0.1, -0.05) is 41.4 Å². The molecule has 40 heavy (non-hydrogen) atoms. The maximum atomic E-state index is 6.82. The van der Waals surface area contributed by atoms with E-state index in [-0.39, 0.29) is 0 Å². The maximum Gasteiger partial charge on any atom is 0.227 e. The van der Waals surface area contributed by atoms with Gasteiger partial charge in [-0.15, -0.1) is 0 Å². The Bertz CT molecular complexity index is 1520. The Morgan fingerprint density at radius 2 is 1.62 bits per heavy atom. The van der Waals surface area contributed by atoms with E-state index in [1.165, 1.54) is 57.4 Å². The third kappa shape index (κ3) is 5.16. The van der Waals surface area contributed by atoms with Crippen molar-refractivity contribution >= 4 is 51.4 Å². The Labute approximate surface area is 245 Å². The van der Waals surface area contributed by atoms with E-state index in [1.807, 2.05) is 6.07 Å². The van der Waals surface area contributed by atoms with E-state index in [0.29, 0.717) is 23.1 Å². The number of likely N-dealkylation sites (N-methyl/N-ethyl adjacent to an activating group) is 1. The molecule has 2 aromatic heterocycles. The number of fused-ring (bicyclic) bond motifs is 1. The molecule has 7 rings (SSSR count). The van der Waals surface area contributed by atoms with Crippen LogP contribution < -0.4 is 10.2 Å². The molecule has 4 heterocycles. The van der Waals surface area contributed by atoms with Crippen LogP contribution in [0.2, 0.25) is 10.0 Å². The molecule has 0 unspecified atom stereocenters. The predicted molar refractivity (Wildman–Crippen MR) is 165 cm³/mol. The molecule has 3 aliphatic rings. The van der Waals surface area contributed by atoms with Gasteiger partial charge in [-0.3, -0.25) is 4.90 Å². The minimum absolute atomic E-state index is 0.500. The van der Waals surface area contributed by atoms with Crippen molar-refractivity contribution in [3.8, 4) is 11.3 Å². The van der Waals surface area contributed by atoms with Crippen LogP contribution in [0.4, 0.5) is 17.3 Å². The first-order chi connectivity index (χ1) is 19.5. The van der Waals surface area contributed by atoms with Gasteiger partial charge in [0.15, 0.2) is 0 Å². The van der Waals surface area contributed by atoms with Crippen LogP contribution in [0.15, 0.2) is 54.9 Å². The summed E-state index contributed by atoms with van der Waals surface area (Å²) in [5, 5.41) is 5.79. The van der Waals surface area contributed by atoms with E-state index in [1.54, 1.807) is 6.20 Å². The van der Waals surface area contributed by atoms with Crippen LogP contribution in [0.25, 0.3) is 22.2 Å². The number of aromatic nitrogens is 3.